The van der Waals surface area contributed by atoms with Gasteiger partial charge in [0.25, 0.3) is 0 Å². The quantitative estimate of drug-likeness (QED) is 0.823. The van der Waals surface area contributed by atoms with E-state index in [1.807, 2.05) is 0 Å². The maximum absolute atomic E-state index is 10.9. The molecule has 3 nitrogen and oxygen atoms in total. The molecule has 2 rings (SSSR count). The van der Waals surface area contributed by atoms with Crippen molar-refractivity contribution < 1.29 is 9.90 Å². The maximum atomic E-state index is 10.9. The van der Waals surface area contributed by atoms with Crippen molar-refractivity contribution in [2.75, 3.05) is 13.1 Å². The predicted octanol–water partition coefficient (Wildman–Crippen LogP) is 2.75. The van der Waals surface area contributed by atoms with Crippen LogP contribution in [-0.2, 0) is 4.79 Å². The van der Waals surface area contributed by atoms with Gasteiger partial charge in [0, 0.05) is 19.0 Å². The summed E-state index contributed by atoms with van der Waals surface area (Å²) < 4.78 is 0. The summed E-state index contributed by atoms with van der Waals surface area (Å²) in [6.45, 7) is 6.66. The number of hydrogen-bond donors (Lipinski definition) is 1. The molecular formula is C14H25NO2. The van der Waals surface area contributed by atoms with Crippen molar-refractivity contribution in [3.05, 3.63) is 0 Å². The smallest absolute Gasteiger partial charge is 0.303 e. The Kier molecular flexibility index (Phi) is 3.76. The maximum Gasteiger partial charge on any atom is 0.303 e. The van der Waals surface area contributed by atoms with Crippen LogP contribution in [0.25, 0.3) is 0 Å². The van der Waals surface area contributed by atoms with Gasteiger partial charge in [-0.2, -0.15) is 0 Å². The van der Waals surface area contributed by atoms with Gasteiger partial charge >= 0.3 is 5.97 Å². The fourth-order valence-corrected chi connectivity index (χ4v) is 3.61. The van der Waals surface area contributed by atoms with Crippen LogP contribution in [0.3, 0.4) is 0 Å². The summed E-state index contributed by atoms with van der Waals surface area (Å²) >= 11 is 0. The van der Waals surface area contributed by atoms with Crippen molar-refractivity contribution in [2.45, 2.75) is 58.4 Å². The Morgan fingerprint density at radius 3 is 2.47 bits per heavy atom. The molecule has 0 spiro atoms. The summed E-state index contributed by atoms with van der Waals surface area (Å²) in [5.74, 6) is -0.296. The van der Waals surface area contributed by atoms with Crippen LogP contribution in [0.15, 0.2) is 0 Å². The number of likely N-dealkylation sites (tertiary alicyclic amines) is 1. The van der Waals surface area contributed by atoms with Crippen LogP contribution in [-0.4, -0.2) is 35.1 Å². The highest BCUT2D eigenvalue weighted by Gasteiger charge is 2.39. The molecule has 0 aromatic carbocycles. The van der Waals surface area contributed by atoms with Crippen molar-refractivity contribution >= 4 is 5.97 Å². The molecule has 1 aliphatic carbocycles. The Morgan fingerprint density at radius 1 is 1.29 bits per heavy atom. The molecule has 0 bridgehead atoms. The number of nitrogens with zero attached hydrogens (tertiary/aromatic N) is 1. The van der Waals surface area contributed by atoms with Crippen molar-refractivity contribution in [3.63, 3.8) is 0 Å². The normalized spacial score (nSPS) is 30.6. The molecule has 1 atom stereocenters. The van der Waals surface area contributed by atoms with Crippen molar-refractivity contribution in [2.24, 2.45) is 11.3 Å². The first kappa shape index (κ1) is 12.9. The third-order valence-corrected chi connectivity index (χ3v) is 4.74. The standard InChI is InChI=1S/C14H25NO2/c1-14(2)10-15(12-5-3-4-6-12)8-7-11(14)9-13(16)17/h11-12H,3-10H2,1-2H3,(H,16,17). The van der Waals surface area contributed by atoms with Gasteiger partial charge in [0.15, 0.2) is 0 Å². The zero-order valence-electron chi connectivity index (χ0n) is 11.1. The molecule has 1 saturated carbocycles. The van der Waals surface area contributed by atoms with E-state index < -0.39 is 5.97 Å². The average Bonchev–Trinajstić information content (AvgIpc) is 2.73. The van der Waals surface area contributed by atoms with Gasteiger partial charge in [-0.05, 0) is 37.1 Å². The van der Waals surface area contributed by atoms with Crippen molar-refractivity contribution in [1.82, 2.24) is 4.90 Å². The van der Waals surface area contributed by atoms with Gasteiger partial charge in [0.1, 0.15) is 0 Å². The Labute approximate surface area is 104 Å². The molecule has 1 unspecified atom stereocenters. The number of carboxylic acids is 1. The molecule has 2 fully saturated rings. The second-order valence-corrected chi connectivity index (χ2v) is 6.48. The first-order valence-corrected chi connectivity index (χ1v) is 6.95. The van der Waals surface area contributed by atoms with E-state index in [1.54, 1.807) is 0 Å². The number of hydrogen-bond acceptors (Lipinski definition) is 2. The number of piperidine rings is 1. The first-order valence-electron chi connectivity index (χ1n) is 6.95. The molecule has 1 N–H and O–H groups in total. The summed E-state index contributed by atoms with van der Waals surface area (Å²) in [7, 11) is 0. The third-order valence-electron chi connectivity index (χ3n) is 4.74. The van der Waals surface area contributed by atoms with Crippen LogP contribution < -0.4 is 0 Å². The Bertz CT molecular complexity index is 282. The van der Waals surface area contributed by atoms with Gasteiger partial charge in [-0.15, -0.1) is 0 Å². The minimum atomic E-state index is -0.641. The molecule has 1 saturated heterocycles. The molecule has 0 aromatic rings. The largest absolute Gasteiger partial charge is 0.481 e. The van der Waals surface area contributed by atoms with Crippen LogP contribution in [0.5, 0.6) is 0 Å². The van der Waals surface area contributed by atoms with Gasteiger partial charge in [0.2, 0.25) is 0 Å². The summed E-state index contributed by atoms with van der Waals surface area (Å²) in [4.78, 5) is 13.5. The monoisotopic (exact) mass is 239 g/mol. The Morgan fingerprint density at radius 2 is 1.94 bits per heavy atom. The lowest BCUT2D eigenvalue weighted by molar-refractivity contribution is -0.140. The highest BCUT2D eigenvalue weighted by Crippen LogP contribution is 2.39. The van der Waals surface area contributed by atoms with E-state index in [9.17, 15) is 4.79 Å². The zero-order valence-corrected chi connectivity index (χ0v) is 11.1. The minimum absolute atomic E-state index is 0.152. The van der Waals surface area contributed by atoms with Crippen LogP contribution in [0.4, 0.5) is 0 Å². The molecule has 1 aliphatic heterocycles. The van der Waals surface area contributed by atoms with E-state index in [4.69, 9.17) is 5.11 Å². The fraction of sp³-hybridized carbons (Fsp3) is 0.929. The highest BCUT2D eigenvalue weighted by atomic mass is 16.4. The molecule has 0 radical (unpaired) electrons. The van der Waals surface area contributed by atoms with Crippen LogP contribution in [0.2, 0.25) is 0 Å². The van der Waals surface area contributed by atoms with E-state index in [0.717, 1.165) is 25.6 Å². The average molecular weight is 239 g/mol. The molecule has 2 aliphatic rings. The molecule has 17 heavy (non-hydrogen) atoms. The third kappa shape index (κ3) is 3.01. The van der Waals surface area contributed by atoms with Crippen LogP contribution in [0.1, 0.15) is 52.4 Å². The summed E-state index contributed by atoms with van der Waals surface area (Å²) in [6.07, 6.45) is 6.83. The number of aliphatic carboxylic acids is 1. The second kappa shape index (κ2) is 4.97. The van der Waals surface area contributed by atoms with Crippen molar-refractivity contribution in [3.8, 4) is 0 Å². The Balaban J connectivity index is 1.95. The highest BCUT2D eigenvalue weighted by molar-refractivity contribution is 5.67. The molecule has 1 heterocycles. The first-order chi connectivity index (χ1) is 7.99. The summed E-state index contributed by atoms with van der Waals surface area (Å²) in [5, 5.41) is 8.96. The number of rotatable bonds is 3. The minimum Gasteiger partial charge on any atom is -0.481 e. The fourth-order valence-electron chi connectivity index (χ4n) is 3.61. The van der Waals surface area contributed by atoms with Gasteiger partial charge in [-0.3, -0.25) is 9.69 Å². The van der Waals surface area contributed by atoms with E-state index in [2.05, 4.69) is 18.7 Å². The van der Waals surface area contributed by atoms with Crippen LogP contribution >= 0.6 is 0 Å². The van der Waals surface area contributed by atoms with Gasteiger partial charge in [-0.25, -0.2) is 0 Å². The number of carbonyl (C=O) groups is 1. The van der Waals surface area contributed by atoms with E-state index >= 15 is 0 Å². The lowest BCUT2D eigenvalue weighted by atomic mass is 9.72. The molecule has 98 valence electrons. The molecule has 3 heteroatoms. The topological polar surface area (TPSA) is 40.5 Å². The van der Waals surface area contributed by atoms with Gasteiger partial charge in [0.05, 0.1) is 0 Å². The van der Waals surface area contributed by atoms with Gasteiger partial charge < -0.3 is 5.11 Å². The SMILES string of the molecule is CC1(C)CN(C2CCCC2)CCC1CC(=O)O. The van der Waals surface area contributed by atoms with E-state index in [0.29, 0.717) is 12.3 Å². The molecular weight excluding hydrogens is 214 g/mol. The zero-order chi connectivity index (χ0) is 12.5. The number of carboxylic acid groups (broad SMARTS) is 1. The van der Waals surface area contributed by atoms with Crippen LogP contribution in [0, 0.1) is 11.3 Å². The summed E-state index contributed by atoms with van der Waals surface area (Å²) in [5.41, 5.74) is 0.152. The molecule has 0 aromatic heterocycles. The summed E-state index contributed by atoms with van der Waals surface area (Å²) in [6, 6.07) is 0.778. The Hall–Kier alpha value is -0.570. The predicted molar refractivity (Wildman–Crippen MR) is 68.0 cm³/mol. The van der Waals surface area contributed by atoms with Crippen molar-refractivity contribution in [1.29, 1.82) is 0 Å². The van der Waals surface area contributed by atoms with Gasteiger partial charge in [-0.1, -0.05) is 26.7 Å². The van der Waals surface area contributed by atoms with E-state index in [-0.39, 0.29) is 5.41 Å². The second-order valence-electron chi connectivity index (χ2n) is 6.48. The molecule has 0 amide bonds. The van der Waals surface area contributed by atoms with E-state index in [1.165, 1.54) is 25.7 Å². The lowest BCUT2D eigenvalue weighted by Crippen LogP contribution is -2.49. The lowest BCUT2D eigenvalue weighted by Gasteiger charge is -2.46.